The number of benzene rings is 2. The van der Waals surface area contributed by atoms with E-state index in [9.17, 15) is 31.4 Å². The Hall–Kier alpha value is -3.59. The minimum Gasteiger partial charge on any atom is -0.493 e. The summed E-state index contributed by atoms with van der Waals surface area (Å²) in [4.78, 5) is 0. The summed E-state index contributed by atoms with van der Waals surface area (Å²) in [6.07, 6.45) is -8.25. The molecule has 222 valence electrons. The second-order valence-corrected chi connectivity index (χ2v) is 9.91. The van der Waals surface area contributed by atoms with Crippen LogP contribution in [0.4, 0.5) is 26.3 Å². The summed E-state index contributed by atoms with van der Waals surface area (Å²) >= 11 is 0. The number of aromatic amines is 1. The maximum absolute atomic E-state index is 13.0. The van der Waals surface area contributed by atoms with E-state index < -0.39 is 23.4 Å². The second kappa shape index (κ2) is 12.5. The van der Waals surface area contributed by atoms with Gasteiger partial charge in [0.2, 0.25) is 0 Å². The molecule has 1 heterocycles. The average molecular weight is 583 g/mol. The first-order chi connectivity index (χ1) is 19.2. The third-order valence-electron chi connectivity index (χ3n) is 7.37. The highest BCUT2D eigenvalue weighted by atomic mass is 19.4. The molecule has 0 unspecified atom stereocenters. The summed E-state index contributed by atoms with van der Waals surface area (Å²) in [5.74, 6) is 4.41. The van der Waals surface area contributed by atoms with E-state index >= 15 is 0 Å². The largest absolute Gasteiger partial charge is 0.493 e. The molecule has 12 heteroatoms. The van der Waals surface area contributed by atoms with Gasteiger partial charge in [-0.2, -0.15) is 26.3 Å². The van der Waals surface area contributed by atoms with Crippen LogP contribution in [0.3, 0.4) is 0 Å². The molecule has 0 atom stereocenters. The Balaban J connectivity index is 1.82. The Morgan fingerprint density at radius 3 is 2.00 bits per heavy atom. The maximum Gasteiger partial charge on any atom is 0.438 e. The lowest BCUT2D eigenvalue weighted by molar-refractivity contribution is -0.343. The topological polar surface area (TPSA) is 83.9 Å². The molecule has 41 heavy (non-hydrogen) atoms. The summed E-state index contributed by atoms with van der Waals surface area (Å²) < 4.78 is 84.2. The Morgan fingerprint density at radius 2 is 1.49 bits per heavy atom. The lowest BCUT2D eigenvalue weighted by Gasteiger charge is -2.34. The van der Waals surface area contributed by atoms with Crippen molar-refractivity contribution in [1.82, 2.24) is 20.6 Å². The molecular formula is C29H32F6N4O2. The van der Waals surface area contributed by atoms with Gasteiger partial charge in [-0.05, 0) is 90.3 Å². The number of rotatable bonds is 10. The summed E-state index contributed by atoms with van der Waals surface area (Å²) in [6.45, 7) is 8.06. The van der Waals surface area contributed by atoms with E-state index in [4.69, 9.17) is 4.74 Å². The molecule has 0 bridgehead atoms. The van der Waals surface area contributed by atoms with Crippen molar-refractivity contribution in [3.8, 4) is 17.6 Å². The van der Waals surface area contributed by atoms with Crippen LogP contribution in [-0.4, -0.2) is 50.3 Å². The summed E-state index contributed by atoms with van der Waals surface area (Å²) in [5.41, 5.74) is -2.45. The van der Waals surface area contributed by atoms with Crippen LogP contribution < -0.4 is 4.74 Å². The average Bonchev–Trinajstić information content (AvgIpc) is 3.42. The fourth-order valence-corrected chi connectivity index (χ4v) is 4.77. The van der Waals surface area contributed by atoms with Crippen LogP contribution in [0.25, 0.3) is 0 Å². The summed E-state index contributed by atoms with van der Waals surface area (Å²) in [5, 5.41) is 23.0. The fraction of sp³-hybridized carbons (Fsp3) is 0.483. The Morgan fingerprint density at radius 1 is 0.878 bits per heavy atom. The molecule has 0 spiro atoms. The van der Waals surface area contributed by atoms with E-state index in [-0.39, 0.29) is 5.56 Å². The molecule has 0 aliphatic carbocycles. The number of H-pyrrole nitrogens is 1. The number of halogens is 6. The number of hydrogen-bond acceptors (Lipinski definition) is 5. The van der Waals surface area contributed by atoms with Crippen molar-refractivity contribution in [2.45, 2.75) is 83.2 Å². The van der Waals surface area contributed by atoms with Gasteiger partial charge in [0.25, 0.3) is 0 Å². The number of tetrazole rings is 1. The van der Waals surface area contributed by atoms with Gasteiger partial charge in [0, 0.05) is 17.4 Å². The number of nitrogens with one attached hydrogen (secondary N) is 1. The maximum atomic E-state index is 13.0. The molecule has 0 aliphatic rings. The SMILES string of the molecule is CCC(CC)(c1ccc(C#CC(O)(C(F)(F)F)C(F)(F)F)c(C)c1)c1ccc(OCCCCc2nnn[nH]2)c(C)c1. The monoisotopic (exact) mass is 582 g/mol. The van der Waals surface area contributed by atoms with Crippen molar-refractivity contribution >= 4 is 0 Å². The highest BCUT2D eigenvalue weighted by Gasteiger charge is 2.70. The van der Waals surface area contributed by atoms with E-state index in [0.717, 1.165) is 53.4 Å². The number of hydrogen-bond donors (Lipinski definition) is 2. The van der Waals surface area contributed by atoms with E-state index in [2.05, 4.69) is 20.6 Å². The first kappa shape index (κ1) is 31.9. The second-order valence-electron chi connectivity index (χ2n) is 9.91. The Kier molecular flexibility index (Phi) is 9.74. The molecule has 0 saturated heterocycles. The van der Waals surface area contributed by atoms with E-state index in [1.165, 1.54) is 6.07 Å². The van der Waals surface area contributed by atoms with Crippen LogP contribution >= 0.6 is 0 Å². The molecule has 3 aromatic rings. The third kappa shape index (κ3) is 6.84. The molecular weight excluding hydrogens is 550 g/mol. The van der Waals surface area contributed by atoms with Crippen molar-refractivity contribution in [2.75, 3.05) is 6.61 Å². The summed E-state index contributed by atoms with van der Waals surface area (Å²) in [6, 6.07) is 10.7. The number of ether oxygens (including phenoxy) is 1. The van der Waals surface area contributed by atoms with E-state index in [1.54, 1.807) is 19.1 Å². The third-order valence-corrected chi connectivity index (χ3v) is 7.37. The van der Waals surface area contributed by atoms with Gasteiger partial charge in [-0.25, -0.2) is 5.10 Å². The number of aliphatic hydroxyl groups is 1. The molecule has 2 N–H and O–H groups in total. The van der Waals surface area contributed by atoms with Crippen LogP contribution in [0.1, 0.15) is 73.2 Å². The molecule has 0 saturated carbocycles. The molecule has 0 amide bonds. The highest BCUT2D eigenvalue weighted by Crippen LogP contribution is 2.43. The van der Waals surface area contributed by atoms with Crippen LogP contribution in [0.2, 0.25) is 0 Å². The summed E-state index contributed by atoms with van der Waals surface area (Å²) in [7, 11) is 0. The molecule has 0 aliphatic heterocycles. The molecule has 6 nitrogen and oxygen atoms in total. The quantitative estimate of drug-likeness (QED) is 0.161. The van der Waals surface area contributed by atoms with Crippen LogP contribution in [0, 0.1) is 25.7 Å². The number of unbranched alkanes of at least 4 members (excludes halogenated alkanes) is 1. The Bertz CT molecular complexity index is 1360. The van der Waals surface area contributed by atoms with Crippen LogP contribution in [0.15, 0.2) is 36.4 Å². The predicted molar refractivity (Wildman–Crippen MR) is 140 cm³/mol. The normalized spacial score (nSPS) is 12.7. The lowest BCUT2D eigenvalue weighted by atomic mass is 9.70. The smallest absolute Gasteiger partial charge is 0.438 e. The zero-order chi connectivity index (χ0) is 30.5. The zero-order valence-corrected chi connectivity index (χ0v) is 23.2. The first-order valence-corrected chi connectivity index (χ1v) is 13.1. The van der Waals surface area contributed by atoms with Gasteiger partial charge >= 0.3 is 18.0 Å². The zero-order valence-electron chi connectivity index (χ0n) is 23.2. The van der Waals surface area contributed by atoms with Crippen molar-refractivity contribution in [3.05, 3.63) is 70.0 Å². The molecule has 1 aromatic heterocycles. The first-order valence-electron chi connectivity index (χ1n) is 13.1. The van der Waals surface area contributed by atoms with Crippen LogP contribution in [-0.2, 0) is 11.8 Å². The Labute approximate surface area is 234 Å². The lowest BCUT2D eigenvalue weighted by Crippen LogP contribution is -2.55. The minimum atomic E-state index is -6.01. The number of nitrogens with zero attached hydrogens (tertiary/aromatic N) is 3. The molecule has 2 aromatic carbocycles. The van der Waals surface area contributed by atoms with Crippen molar-refractivity contribution in [1.29, 1.82) is 0 Å². The number of alkyl halides is 6. The van der Waals surface area contributed by atoms with Crippen molar-refractivity contribution in [3.63, 3.8) is 0 Å². The molecule has 0 radical (unpaired) electrons. The van der Waals surface area contributed by atoms with E-state index in [1.807, 2.05) is 44.9 Å². The van der Waals surface area contributed by atoms with E-state index in [0.29, 0.717) is 25.0 Å². The number of aryl methyl sites for hydroxylation is 3. The van der Waals surface area contributed by atoms with Gasteiger partial charge in [-0.1, -0.05) is 44.0 Å². The van der Waals surface area contributed by atoms with Gasteiger partial charge in [-0.3, -0.25) is 0 Å². The minimum absolute atomic E-state index is 0.0405. The number of aromatic nitrogens is 4. The van der Waals surface area contributed by atoms with Gasteiger partial charge < -0.3 is 9.84 Å². The molecule has 3 rings (SSSR count). The molecule has 0 fully saturated rings. The van der Waals surface area contributed by atoms with Gasteiger partial charge in [0.05, 0.1) is 6.61 Å². The van der Waals surface area contributed by atoms with Gasteiger partial charge in [0.1, 0.15) is 11.6 Å². The van der Waals surface area contributed by atoms with Crippen LogP contribution in [0.5, 0.6) is 5.75 Å². The van der Waals surface area contributed by atoms with Crippen molar-refractivity contribution < 1.29 is 36.2 Å². The fourth-order valence-electron chi connectivity index (χ4n) is 4.77. The van der Waals surface area contributed by atoms with Gasteiger partial charge in [-0.15, -0.1) is 5.10 Å². The van der Waals surface area contributed by atoms with Crippen molar-refractivity contribution in [2.24, 2.45) is 0 Å². The standard InChI is InChI=1S/C29H32F6N4O2/c1-5-26(6-2,23-12-13-24(20(4)18-23)41-16-8-7-9-25-36-38-39-37-25)22-11-10-21(19(3)17-22)14-15-27(40,28(30,31)32)29(33,34)35/h10-13,17-18,40H,5-9,16H2,1-4H3,(H,36,37,38,39). The highest BCUT2D eigenvalue weighted by molar-refractivity contribution is 5.50. The predicted octanol–water partition coefficient (Wildman–Crippen LogP) is 6.53. The van der Waals surface area contributed by atoms with Gasteiger partial charge in [0.15, 0.2) is 0 Å².